The average Bonchev–Trinajstić information content (AvgIpc) is 2.92. The maximum absolute atomic E-state index is 13.1. The Morgan fingerprint density at radius 1 is 0.933 bits per heavy atom. The van der Waals surface area contributed by atoms with Crippen LogP contribution in [-0.2, 0) is 11.3 Å². The number of hydrogen-bond donors (Lipinski definition) is 1. The summed E-state index contributed by atoms with van der Waals surface area (Å²) in [7, 11) is 0. The number of nitrogens with zero attached hydrogens (tertiary/aromatic N) is 1. The van der Waals surface area contributed by atoms with Gasteiger partial charge in [0.2, 0.25) is 0 Å². The van der Waals surface area contributed by atoms with E-state index in [2.05, 4.69) is 5.32 Å². The van der Waals surface area contributed by atoms with E-state index >= 15 is 0 Å². The number of rotatable bonds is 5. The van der Waals surface area contributed by atoms with Crippen molar-refractivity contribution in [3.05, 3.63) is 88.6 Å². The molecule has 0 atom stereocenters. The van der Waals surface area contributed by atoms with Gasteiger partial charge in [-0.2, -0.15) is 0 Å². The van der Waals surface area contributed by atoms with Crippen molar-refractivity contribution in [3.63, 3.8) is 0 Å². The number of amides is 1. The molecule has 2 aromatic carbocycles. The van der Waals surface area contributed by atoms with E-state index in [0.717, 1.165) is 16.8 Å². The minimum atomic E-state index is -0.639. The second-order valence-corrected chi connectivity index (χ2v) is 8.33. The number of ether oxygens (including phenoxy) is 1. The summed E-state index contributed by atoms with van der Waals surface area (Å²) in [4.78, 5) is 26.0. The number of benzene rings is 2. The van der Waals surface area contributed by atoms with Crippen LogP contribution in [0, 0.1) is 13.8 Å². The van der Waals surface area contributed by atoms with Crippen LogP contribution in [-0.4, -0.2) is 22.0 Å². The van der Waals surface area contributed by atoms with Crippen molar-refractivity contribution in [2.45, 2.75) is 46.8 Å². The largest absolute Gasteiger partial charge is 0.456 e. The number of carbonyl (C=O) groups excluding carboxylic acids is 2. The second-order valence-electron chi connectivity index (χ2n) is 8.33. The van der Waals surface area contributed by atoms with Crippen LogP contribution >= 0.6 is 0 Å². The van der Waals surface area contributed by atoms with Crippen molar-refractivity contribution in [1.29, 1.82) is 0 Å². The summed E-state index contributed by atoms with van der Waals surface area (Å²) in [5.41, 5.74) is 3.05. The lowest BCUT2D eigenvalue weighted by molar-refractivity contribution is 0.00701. The summed E-state index contributed by atoms with van der Waals surface area (Å²) in [6.45, 7) is 9.85. The van der Waals surface area contributed by atoms with Crippen LogP contribution < -0.4 is 5.32 Å². The standard InChI is InChI=1S/C25H28N2O3/c1-17-18(2)27(16-19-12-8-6-9-13-19)22(21(17)24(29)30-25(3,4)5)26-23(28)20-14-10-7-11-15-20/h6-15H,16H2,1-5H3,(H,26,28). The van der Waals surface area contributed by atoms with Gasteiger partial charge in [0, 0.05) is 17.8 Å². The van der Waals surface area contributed by atoms with Crippen LogP contribution in [0.4, 0.5) is 5.82 Å². The van der Waals surface area contributed by atoms with E-state index in [1.807, 2.05) is 87.7 Å². The quantitative estimate of drug-likeness (QED) is 0.582. The summed E-state index contributed by atoms with van der Waals surface area (Å²) < 4.78 is 7.61. The molecule has 0 saturated heterocycles. The van der Waals surface area contributed by atoms with Crippen LogP contribution in [0.15, 0.2) is 60.7 Å². The SMILES string of the molecule is Cc1c(C(=O)OC(C)(C)C)c(NC(=O)c2ccccc2)n(Cc2ccccc2)c1C. The summed E-state index contributed by atoms with van der Waals surface area (Å²) in [6.07, 6.45) is 0. The fourth-order valence-electron chi connectivity index (χ4n) is 3.31. The van der Waals surface area contributed by atoms with E-state index in [0.29, 0.717) is 23.5 Å². The fourth-order valence-corrected chi connectivity index (χ4v) is 3.31. The summed E-state index contributed by atoms with van der Waals surface area (Å²) in [5.74, 6) is -0.262. The molecule has 0 spiro atoms. The van der Waals surface area contributed by atoms with Crippen LogP contribution in [0.25, 0.3) is 0 Å². The lowest BCUT2D eigenvalue weighted by Crippen LogP contribution is -2.25. The molecule has 1 amide bonds. The Hall–Kier alpha value is -3.34. The molecule has 0 aliphatic rings. The van der Waals surface area contributed by atoms with E-state index in [-0.39, 0.29) is 5.91 Å². The Labute approximate surface area is 177 Å². The maximum Gasteiger partial charge on any atom is 0.342 e. The molecule has 5 nitrogen and oxygen atoms in total. The summed E-state index contributed by atoms with van der Waals surface area (Å²) in [5, 5.41) is 2.97. The average molecular weight is 405 g/mol. The lowest BCUT2D eigenvalue weighted by atomic mass is 10.1. The van der Waals surface area contributed by atoms with Crippen molar-refractivity contribution in [2.24, 2.45) is 0 Å². The highest BCUT2D eigenvalue weighted by Gasteiger charge is 2.28. The van der Waals surface area contributed by atoms with Gasteiger partial charge in [-0.25, -0.2) is 4.79 Å². The van der Waals surface area contributed by atoms with Crippen molar-refractivity contribution >= 4 is 17.7 Å². The summed E-state index contributed by atoms with van der Waals surface area (Å²) >= 11 is 0. The van der Waals surface area contributed by atoms with E-state index in [1.54, 1.807) is 12.1 Å². The number of anilines is 1. The monoisotopic (exact) mass is 404 g/mol. The first-order valence-corrected chi connectivity index (χ1v) is 10.0. The van der Waals surface area contributed by atoms with E-state index < -0.39 is 11.6 Å². The van der Waals surface area contributed by atoms with Gasteiger partial charge < -0.3 is 14.6 Å². The lowest BCUT2D eigenvalue weighted by Gasteiger charge is -2.20. The number of nitrogens with one attached hydrogen (secondary N) is 1. The molecule has 1 N–H and O–H groups in total. The first-order valence-electron chi connectivity index (χ1n) is 10.0. The van der Waals surface area contributed by atoms with Crippen LogP contribution in [0.2, 0.25) is 0 Å². The third kappa shape index (κ3) is 4.79. The van der Waals surface area contributed by atoms with Gasteiger partial charge in [-0.05, 0) is 57.9 Å². The third-order valence-electron chi connectivity index (χ3n) is 4.88. The van der Waals surface area contributed by atoms with Crippen LogP contribution in [0.5, 0.6) is 0 Å². The van der Waals surface area contributed by atoms with Gasteiger partial charge in [-0.3, -0.25) is 4.79 Å². The Bertz CT molecular complexity index is 1050. The Morgan fingerprint density at radius 2 is 1.50 bits per heavy atom. The van der Waals surface area contributed by atoms with E-state index in [4.69, 9.17) is 4.74 Å². The Morgan fingerprint density at radius 3 is 2.07 bits per heavy atom. The number of esters is 1. The minimum Gasteiger partial charge on any atom is -0.456 e. The molecule has 0 saturated carbocycles. The molecule has 30 heavy (non-hydrogen) atoms. The molecule has 156 valence electrons. The van der Waals surface area contributed by atoms with Crippen molar-refractivity contribution in [3.8, 4) is 0 Å². The number of aromatic nitrogens is 1. The molecule has 0 bridgehead atoms. The Balaban J connectivity index is 2.08. The smallest absolute Gasteiger partial charge is 0.342 e. The Kier molecular flexibility index (Phi) is 6.11. The molecule has 0 aliphatic heterocycles. The molecule has 3 aromatic rings. The van der Waals surface area contributed by atoms with Gasteiger partial charge in [0.1, 0.15) is 17.0 Å². The molecular formula is C25H28N2O3. The van der Waals surface area contributed by atoms with Gasteiger partial charge in [0.25, 0.3) is 5.91 Å². The molecule has 5 heteroatoms. The van der Waals surface area contributed by atoms with E-state index in [1.165, 1.54) is 0 Å². The van der Waals surface area contributed by atoms with Crippen LogP contribution in [0.1, 0.15) is 58.3 Å². The zero-order chi connectivity index (χ0) is 21.9. The van der Waals surface area contributed by atoms with Crippen molar-refractivity contribution in [1.82, 2.24) is 4.57 Å². The minimum absolute atomic E-state index is 0.271. The molecule has 1 heterocycles. The van der Waals surface area contributed by atoms with Gasteiger partial charge >= 0.3 is 5.97 Å². The zero-order valence-electron chi connectivity index (χ0n) is 18.2. The molecule has 0 aliphatic carbocycles. The molecule has 0 radical (unpaired) electrons. The van der Waals surface area contributed by atoms with Gasteiger partial charge in [-0.15, -0.1) is 0 Å². The topological polar surface area (TPSA) is 60.3 Å². The predicted molar refractivity (Wildman–Crippen MR) is 119 cm³/mol. The van der Waals surface area contributed by atoms with E-state index in [9.17, 15) is 9.59 Å². The number of carbonyl (C=O) groups is 2. The highest BCUT2D eigenvalue weighted by atomic mass is 16.6. The van der Waals surface area contributed by atoms with Gasteiger partial charge in [0.15, 0.2) is 0 Å². The normalized spacial score (nSPS) is 11.2. The van der Waals surface area contributed by atoms with Gasteiger partial charge in [0.05, 0.1) is 0 Å². The molecule has 0 fully saturated rings. The molecule has 1 aromatic heterocycles. The maximum atomic E-state index is 13.1. The highest BCUT2D eigenvalue weighted by Crippen LogP contribution is 2.30. The van der Waals surface area contributed by atoms with Crippen molar-refractivity contribution in [2.75, 3.05) is 5.32 Å². The fraction of sp³-hybridized carbons (Fsp3) is 0.280. The van der Waals surface area contributed by atoms with Crippen LogP contribution in [0.3, 0.4) is 0 Å². The third-order valence-corrected chi connectivity index (χ3v) is 4.88. The zero-order valence-corrected chi connectivity index (χ0v) is 18.2. The highest BCUT2D eigenvalue weighted by molar-refractivity contribution is 6.08. The predicted octanol–water partition coefficient (Wildman–Crippen LogP) is 5.36. The number of hydrogen-bond acceptors (Lipinski definition) is 3. The first kappa shape index (κ1) is 21.4. The first-order chi connectivity index (χ1) is 14.2. The van der Waals surface area contributed by atoms with Crippen molar-refractivity contribution < 1.29 is 14.3 Å². The molecule has 0 unspecified atom stereocenters. The second kappa shape index (κ2) is 8.57. The molecule has 3 rings (SSSR count). The van der Waals surface area contributed by atoms with Gasteiger partial charge in [-0.1, -0.05) is 48.5 Å². The summed E-state index contributed by atoms with van der Waals surface area (Å²) in [6, 6.07) is 18.9. The molecular weight excluding hydrogens is 376 g/mol.